The van der Waals surface area contributed by atoms with Crippen LogP contribution in [0.5, 0.6) is 11.5 Å². The topological polar surface area (TPSA) is 29.5 Å². The molecule has 0 bridgehead atoms. The van der Waals surface area contributed by atoms with Gasteiger partial charge in [-0.3, -0.25) is 0 Å². The zero-order chi connectivity index (χ0) is 13.1. The molecule has 0 saturated carbocycles. The second-order valence-electron chi connectivity index (χ2n) is 3.89. The summed E-state index contributed by atoms with van der Waals surface area (Å²) in [7, 11) is 0. The third-order valence-corrected chi connectivity index (χ3v) is 2.79. The molecule has 0 spiro atoms. The smallest absolute Gasteiger partial charge is 0.148 e. The average Bonchev–Trinajstić information content (AvgIpc) is 2.34. The van der Waals surface area contributed by atoms with Crippen molar-refractivity contribution in [2.24, 2.45) is 0 Å². The fourth-order valence-electron chi connectivity index (χ4n) is 1.59. The minimum absolute atomic E-state index is 0.227. The highest BCUT2D eigenvalue weighted by Gasteiger charge is 2.11. The number of benzene rings is 2. The standard InChI is InChI=1S/C14H12ClFO2/c1-9(17)11-4-2-3-5-13(11)18-14-8-10(16)6-7-12(14)15/h2-9,17H,1H3. The zero-order valence-electron chi connectivity index (χ0n) is 9.73. The summed E-state index contributed by atoms with van der Waals surface area (Å²) in [6, 6.07) is 10.9. The van der Waals surface area contributed by atoms with Crippen LogP contribution >= 0.6 is 11.6 Å². The maximum Gasteiger partial charge on any atom is 0.148 e. The van der Waals surface area contributed by atoms with E-state index < -0.39 is 11.9 Å². The number of ether oxygens (including phenoxy) is 1. The molecule has 2 aromatic rings. The Morgan fingerprint density at radius 2 is 1.89 bits per heavy atom. The van der Waals surface area contributed by atoms with Crippen molar-refractivity contribution in [1.29, 1.82) is 0 Å². The van der Waals surface area contributed by atoms with Crippen molar-refractivity contribution in [3.63, 3.8) is 0 Å². The molecule has 94 valence electrons. The first-order valence-electron chi connectivity index (χ1n) is 5.48. The highest BCUT2D eigenvalue weighted by molar-refractivity contribution is 6.32. The van der Waals surface area contributed by atoms with E-state index in [1.807, 2.05) is 0 Å². The Balaban J connectivity index is 2.37. The summed E-state index contributed by atoms with van der Waals surface area (Å²) in [5.74, 6) is 0.258. The number of para-hydroxylation sites is 1. The molecule has 0 aliphatic carbocycles. The Kier molecular flexibility index (Phi) is 3.84. The second-order valence-corrected chi connectivity index (χ2v) is 4.30. The Hall–Kier alpha value is -1.58. The van der Waals surface area contributed by atoms with Crippen LogP contribution < -0.4 is 4.74 Å². The molecular formula is C14H12ClFO2. The van der Waals surface area contributed by atoms with Crippen LogP contribution in [0.3, 0.4) is 0 Å². The zero-order valence-corrected chi connectivity index (χ0v) is 10.5. The Morgan fingerprint density at radius 3 is 2.61 bits per heavy atom. The lowest BCUT2D eigenvalue weighted by Crippen LogP contribution is -1.96. The van der Waals surface area contributed by atoms with Crippen LogP contribution in [0, 0.1) is 5.82 Å². The van der Waals surface area contributed by atoms with Crippen LogP contribution in [0.4, 0.5) is 4.39 Å². The van der Waals surface area contributed by atoms with Gasteiger partial charge in [0.2, 0.25) is 0 Å². The normalized spacial score (nSPS) is 12.2. The predicted molar refractivity (Wildman–Crippen MR) is 68.6 cm³/mol. The van der Waals surface area contributed by atoms with Crippen LogP contribution in [0.25, 0.3) is 0 Å². The largest absolute Gasteiger partial charge is 0.455 e. The van der Waals surface area contributed by atoms with Crippen molar-refractivity contribution in [3.8, 4) is 11.5 Å². The van der Waals surface area contributed by atoms with Gasteiger partial charge in [-0.25, -0.2) is 4.39 Å². The number of halogens is 2. The van der Waals surface area contributed by atoms with E-state index in [1.54, 1.807) is 31.2 Å². The number of hydrogen-bond acceptors (Lipinski definition) is 2. The Bertz CT molecular complexity index is 555. The molecule has 18 heavy (non-hydrogen) atoms. The molecule has 2 rings (SSSR count). The molecule has 0 radical (unpaired) electrons. The van der Waals surface area contributed by atoms with Crippen LogP contribution in [0.2, 0.25) is 5.02 Å². The van der Waals surface area contributed by atoms with Crippen LogP contribution in [-0.2, 0) is 0 Å². The first-order chi connectivity index (χ1) is 8.58. The van der Waals surface area contributed by atoms with E-state index in [0.29, 0.717) is 16.3 Å². The van der Waals surface area contributed by atoms with Gasteiger partial charge < -0.3 is 9.84 Å². The SMILES string of the molecule is CC(O)c1ccccc1Oc1cc(F)ccc1Cl. The molecule has 2 aromatic carbocycles. The molecule has 1 atom stereocenters. The van der Waals surface area contributed by atoms with E-state index in [4.69, 9.17) is 16.3 Å². The molecule has 0 amide bonds. The van der Waals surface area contributed by atoms with Gasteiger partial charge in [-0.1, -0.05) is 29.8 Å². The van der Waals surface area contributed by atoms with Crippen molar-refractivity contribution in [1.82, 2.24) is 0 Å². The predicted octanol–water partition coefficient (Wildman–Crippen LogP) is 4.32. The highest BCUT2D eigenvalue weighted by Crippen LogP contribution is 2.33. The van der Waals surface area contributed by atoms with Crippen LogP contribution in [0.15, 0.2) is 42.5 Å². The van der Waals surface area contributed by atoms with Gasteiger partial charge in [0.15, 0.2) is 0 Å². The number of aliphatic hydroxyl groups excluding tert-OH is 1. The summed E-state index contributed by atoms with van der Waals surface area (Å²) >= 11 is 5.92. The molecule has 1 unspecified atom stereocenters. The maximum absolute atomic E-state index is 13.1. The van der Waals surface area contributed by atoms with E-state index in [-0.39, 0.29) is 5.75 Å². The molecule has 2 nitrogen and oxygen atoms in total. The third kappa shape index (κ3) is 2.81. The lowest BCUT2D eigenvalue weighted by Gasteiger charge is -2.13. The lowest BCUT2D eigenvalue weighted by molar-refractivity contribution is 0.195. The lowest BCUT2D eigenvalue weighted by atomic mass is 10.1. The number of aliphatic hydroxyl groups is 1. The van der Waals surface area contributed by atoms with Crippen molar-refractivity contribution in [2.75, 3.05) is 0 Å². The molecule has 0 aliphatic heterocycles. The summed E-state index contributed by atoms with van der Waals surface area (Å²) in [6.07, 6.45) is -0.673. The molecule has 4 heteroatoms. The molecule has 0 saturated heterocycles. The van der Waals surface area contributed by atoms with Gasteiger partial charge in [-0.2, -0.15) is 0 Å². The summed E-state index contributed by atoms with van der Waals surface area (Å²) in [5.41, 5.74) is 0.623. The molecular weight excluding hydrogens is 255 g/mol. The molecule has 0 aromatic heterocycles. The third-order valence-electron chi connectivity index (χ3n) is 2.48. The quantitative estimate of drug-likeness (QED) is 0.896. The monoisotopic (exact) mass is 266 g/mol. The highest BCUT2D eigenvalue weighted by atomic mass is 35.5. The van der Waals surface area contributed by atoms with Crippen LogP contribution in [0.1, 0.15) is 18.6 Å². The molecule has 0 aliphatic rings. The molecule has 0 fully saturated rings. The Morgan fingerprint density at radius 1 is 1.17 bits per heavy atom. The van der Waals surface area contributed by atoms with E-state index >= 15 is 0 Å². The fraction of sp³-hybridized carbons (Fsp3) is 0.143. The van der Waals surface area contributed by atoms with E-state index in [2.05, 4.69) is 0 Å². The van der Waals surface area contributed by atoms with Crippen molar-refractivity contribution < 1.29 is 14.2 Å². The summed E-state index contributed by atoms with van der Waals surface area (Å²) < 4.78 is 18.7. The average molecular weight is 267 g/mol. The summed E-state index contributed by atoms with van der Waals surface area (Å²) in [5, 5.41) is 9.94. The first kappa shape index (κ1) is 12.9. The van der Waals surface area contributed by atoms with Gasteiger partial charge in [-0.05, 0) is 25.1 Å². The number of hydrogen-bond donors (Lipinski definition) is 1. The number of rotatable bonds is 3. The van der Waals surface area contributed by atoms with Crippen molar-refractivity contribution in [3.05, 3.63) is 58.9 Å². The van der Waals surface area contributed by atoms with E-state index in [9.17, 15) is 9.50 Å². The Labute approximate surface area is 110 Å². The molecule has 0 heterocycles. The van der Waals surface area contributed by atoms with Gasteiger partial charge >= 0.3 is 0 Å². The minimum Gasteiger partial charge on any atom is -0.455 e. The van der Waals surface area contributed by atoms with Gasteiger partial charge in [0.1, 0.15) is 17.3 Å². The van der Waals surface area contributed by atoms with E-state index in [0.717, 1.165) is 0 Å². The van der Waals surface area contributed by atoms with Gasteiger partial charge in [-0.15, -0.1) is 0 Å². The fourth-order valence-corrected chi connectivity index (χ4v) is 1.75. The van der Waals surface area contributed by atoms with Gasteiger partial charge in [0, 0.05) is 11.6 Å². The van der Waals surface area contributed by atoms with Gasteiger partial charge in [0.05, 0.1) is 11.1 Å². The van der Waals surface area contributed by atoms with E-state index in [1.165, 1.54) is 18.2 Å². The minimum atomic E-state index is -0.673. The van der Waals surface area contributed by atoms with Gasteiger partial charge in [0.25, 0.3) is 0 Å². The summed E-state index contributed by atoms with van der Waals surface area (Å²) in [4.78, 5) is 0. The summed E-state index contributed by atoms with van der Waals surface area (Å²) in [6.45, 7) is 1.63. The van der Waals surface area contributed by atoms with Crippen molar-refractivity contribution in [2.45, 2.75) is 13.0 Å². The second kappa shape index (κ2) is 5.38. The van der Waals surface area contributed by atoms with Crippen molar-refractivity contribution >= 4 is 11.6 Å². The maximum atomic E-state index is 13.1. The molecule has 1 N–H and O–H groups in total. The van der Waals surface area contributed by atoms with Crippen LogP contribution in [-0.4, -0.2) is 5.11 Å². The first-order valence-corrected chi connectivity index (χ1v) is 5.85.